The molecule has 1 amide bonds. The van der Waals surface area contributed by atoms with E-state index >= 15 is 0 Å². The maximum Gasteiger partial charge on any atom is 0.255 e. The number of fused-ring (bicyclic) bond motifs is 1. The molecule has 0 bridgehead atoms. The highest BCUT2D eigenvalue weighted by molar-refractivity contribution is 7.15. The highest BCUT2D eigenvalue weighted by Gasteiger charge is 2.21. The summed E-state index contributed by atoms with van der Waals surface area (Å²) in [5.41, 5.74) is 17.0. The summed E-state index contributed by atoms with van der Waals surface area (Å²) in [7, 11) is 2.25. The van der Waals surface area contributed by atoms with E-state index in [0.717, 1.165) is 60.8 Å². The second-order valence-corrected chi connectivity index (χ2v) is 7.55. The predicted octanol–water partition coefficient (Wildman–Crippen LogP) is 2.03. The fourth-order valence-electron chi connectivity index (χ4n) is 3.66. The maximum absolute atomic E-state index is 12.1. The van der Waals surface area contributed by atoms with Gasteiger partial charge in [0.25, 0.3) is 5.91 Å². The van der Waals surface area contributed by atoms with Gasteiger partial charge in [0.15, 0.2) is 0 Å². The molecule has 2 aromatic heterocycles. The zero-order chi connectivity index (χ0) is 19.7. The number of rotatable bonds is 4. The molecule has 1 saturated heterocycles. The molecule has 0 saturated carbocycles. The first kappa shape index (κ1) is 18.9. The Morgan fingerprint density at radius 1 is 1.18 bits per heavy atom. The molecule has 1 aliphatic rings. The first-order valence-corrected chi connectivity index (χ1v) is 9.98. The van der Waals surface area contributed by atoms with Crippen molar-refractivity contribution in [1.82, 2.24) is 19.4 Å². The van der Waals surface area contributed by atoms with Gasteiger partial charge >= 0.3 is 0 Å². The molecule has 0 radical (unpaired) electrons. The number of amides is 1. The van der Waals surface area contributed by atoms with Crippen LogP contribution >= 0.6 is 9.39 Å². The zero-order valence-electron chi connectivity index (χ0n) is 15.6. The second-order valence-electron chi connectivity index (χ2n) is 7.26. The van der Waals surface area contributed by atoms with Gasteiger partial charge < -0.3 is 21.0 Å². The summed E-state index contributed by atoms with van der Waals surface area (Å²) in [6, 6.07) is 11.7. The van der Waals surface area contributed by atoms with E-state index < -0.39 is 0 Å². The van der Waals surface area contributed by atoms with Crippen LogP contribution in [0.5, 0.6) is 0 Å². The molecule has 1 aliphatic heterocycles. The van der Waals surface area contributed by atoms with Crippen LogP contribution in [0.4, 0.5) is 5.69 Å². The van der Waals surface area contributed by atoms with Crippen molar-refractivity contribution in [2.75, 3.05) is 18.8 Å². The van der Waals surface area contributed by atoms with E-state index in [4.69, 9.17) is 16.5 Å². The highest BCUT2D eigenvalue weighted by atomic mass is 31.0. The molecule has 0 aliphatic carbocycles. The summed E-state index contributed by atoms with van der Waals surface area (Å²) in [5.74, 6) is -0.149. The minimum atomic E-state index is -0.149. The van der Waals surface area contributed by atoms with Crippen LogP contribution in [0.1, 0.15) is 28.9 Å². The van der Waals surface area contributed by atoms with Crippen LogP contribution in [0, 0.1) is 0 Å². The van der Waals surface area contributed by atoms with E-state index in [1.807, 2.05) is 40.9 Å². The van der Waals surface area contributed by atoms with Crippen molar-refractivity contribution in [3.8, 4) is 11.3 Å². The molecule has 1 aromatic carbocycles. The van der Waals surface area contributed by atoms with Gasteiger partial charge in [0.1, 0.15) is 5.65 Å². The van der Waals surface area contributed by atoms with Crippen LogP contribution in [0.25, 0.3) is 16.9 Å². The lowest BCUT2D eigenvalue weighted by Crippen LogP contribution is -2.39. The van der Waals surface area contributed by atoms with Gasteiger partial charge in [0.2, 0.25) is 0 Å². The summed E-state index contributed by atoms with van der Waals surface area (Å²) in [6.45, 7) is 2.67. The molecule has 1 atom stereocenters. The van der Waals surface area contributed by atoms with Crippen LogP contribution in [-0.2, 0) is 6.54 Å². The van der Waals surface area contributed by atoms with E-state index in [2.05, 4.69) is 19.4 Å². The first-order valence-electron chi connectivity index (χ1n) is 9.41. The Hall–Kier alpha value is -2.47. The maximum atomic E-state index is 12.1. The Kier molecular flexibility index (Phi) is 5.31. The van der Waals surface area contributed by atoms with E-state index in [1.165, 1.54) is 0 Å². The van der Waals surface area contributed by atoms with Crippen molar-refractivity contribution in [2.45, 2.75) is 25.4 Å². The van der Waals surface area contributed by atoms with Crippen molar-refractivity contribution < 1.29 is 4.79 Å². The van der Waals surface area contributed by atoms with Crippen LogP contribution in [0.3, 0.4) is 0 Å². The fourth-order valence-corrected chi connectivity index (χ4v) is 3.82. The highest BCUT2D eigenvalue weighted by Crippen LogP contribution is 2.27. The van der Waals surface area contributed by atoms with Crippen molar-refractivity contribution in [3.05, 3.63) is 53.9 Å². The monoisotopic (exact) mass is 396 g/mol. The predicted molar refractivity (Wildman–Crippen MR) is 115 cm³/mol. The van der Waals surface area contributed by atoms with Crippen LogP contribution in [0.15, 0.2) is 42.6 Å². The fraction of sp³-hybridized carbons (Fsp3) is 0.300. The van der Waals surface area contributed by atoms with Crippen molar-refractivity contribution in [3.63, 3.8) is 0 Å². The number of nitrogens with two attached hydrogens (primary N) is 2. The normalized spacial score (nSPS) is 15.8. The molecule has 5 N–H and O–H groups in total. The van der Waals surface area contributed by atoms with Crippen LogP contribution < -0.4 is 16.6 Å². The molecule has 146 valence electrons. The number of hydrogen-bond acceptors (Lipinski definition) is 5. The minimum Gasteiger partial charge on any atom is -0.399 e. The van der Waals surface area contributed by atoms with Crippen LogP contribution in [-0.4, -0.2) is 39.3 Å². The number of likely N-dealkylation sites (tertiary alicyclic amines) is 1. The molecule has 8 heteroatoms. The second kappa shape index (κ2) is 7.87. The van der Waals surface area contributed by atoms with Gasteiger partial charge in [-0.1, -0.05) is 12.1 Å². The molecule has 4 rings (SSSR count). The SMILES string of the molecule is Nc1ccc(-c2nc3ccc(C(=O)NP)cn3c2CN2CCC(N)CC2)cc1. The Bertz CT molecular complexity index is 992. The molecule has 3 aromatic rings. The Labute approximate surface area is 166 Å². The van der Waals surface area contributed by atoms with Crippen molar-refractivity contribution >= 4 is 26.6 Å². The topological polar surface area (TPSA) is 102 Å². The van der Waals surface area contributed by atoms with Gasteiger partial charge in [0.05, 0.1) is 17.0 Å². The molecule has 1 unspecified atom stereocenters. The average molecular weight is 396 g/mol. The van der Waals surface area contributed by atoms with Crippen molar-refractivity contribution in [1.29, 1.82) is 0 Å². The average Bonchev–Trinajstić information content (AvgIpc) is 3.07. The summed E-state index contributed by atoms with van der Waals surface area (Å²) in [6.07, 6.45) is 3.84. The van der Waals surface area contributed by atoms with Crippen LogP contribution in [0.2, 0.25) is 0 Å². The van der Waals surface area contributed by atoms with E-state index in [1.54, 1.807) is 6.07 Å². The molecular weight excluding hydrogens is 371 g/mol. The number of pyridine rings is 1. The van der Waals surface area contributed by atoms with Gasteiger partial charge in [-0.3, -0.25) is 9.69 Å². The molecule has 28 heavy (non-hydrogen) atoms. The van der Waals surface area contributed by atoms with Gasteiger partial charge in [-0.25, -0.2) is 4.98 Å². The summed E-state index contributed by atoms with van der Waals surface area (Å²) in [5, 5.41) is 2.60. The Morgan fingerprint density at radius 3 is 2.57 bits per heavy atom. The number of nitrogen functional groups attached to an aromatic ring is 1. The smallest absolute Gasteiger partial charge is 0.255 e. The number of anilines is 1. The summed E-state index contributed by atoms with van der Waals surface area (Å²) in [4.78, 5) is 19.4. The number of hydrogen-bond donors (Lipinski definition) is 3. The first-order chi connectivity index (χ1) is 13.5. The lowest BCUT2D eigenvalue weighted by atomic mass is 10.0. The molecule has 3 heterocycles. The van der Waals surface area contributed by atoms with E-state index in [9.17, 15) is 4.79 Å². The van der Waals surface area contributed by atoms with Gasteiger partial charge in [-0.2, -0.15) is 0 Å². The largest absolute Gasteiger partial charge is 0.399 e. The van der Waals surface area contributed by atoms with Gasteiger partial charge in [-0.15, -0.1) is 0 Å². The third kappa shape index (κ3) is 3.74. The number of piperidine rings is 1. The number of carbonyl (C=O) groups excluding carboxylic acids is 1. The number of benzene rings is 1. The number of nitrogens with zero attached hydrogens (tertiary/aromatic N) is 3. The van der Waals surface area contributed by atoms with E-state index in [0.29, 0.717) is 5.56 Å². The number of nitrogens with one attached hydrogen (secondary N) is 1. The molecule has 7 nitrogen and oxygen atoms in total. The lowest BCUT2D eigenvalue weighted by Gasteiger charge is -2.30. The standard InChI is InChI=1S/C20H25N6OP/c21-15-4-1-13(2-5-15)19-17(12-25-9-7-16(22)8-10-25)26-11-14(20(27)24-28)3-6-18(26)23-19/h1-6,11,16H,7-10,12,21-22,28H2,(H,24,27). The summed E-state index contributed by atoms with van der Waals surface area (Å²) < 4.78 is 2.02. The molecule has 0 spiro atoms. The lowest BCUT2D eigenvalue weighted by molar-refractivity contribution is 0.0983. The van der Waals surface area contributed by atoms with Crippen molar-refractivity contribution in [2.24, 2.45) is 5.73 Å². The third-order valence-electron chi connectivity index (χ3n) is 5.30. The number of aromatic nitrogens is 2. The number of carbonyl (C=O) groups is 1. The zero-order valence-corrected chi connectivity index (χ0v) is 16.8. The number of imidazole rings is 1. The van der Waals surface area contributed by atoms with Gasteiger partial charge in [0, 0.05) is 43.1 Å². The molecule has 1 fully saturated rings. The Balaban J connectivity index is 1.80. The minimum absolute atomic E-state index is 0.149. The molecular formula is C20H25N6OP. The van der Waals surface area contributed by atoms with E-state index in [-0.39, 0.29) is 11.9 Å². The van der Waals surface area contributed by atoms with Gasteiger partial charge in [-0.05, 0) is 46.5 Å². The summed E-state index contributed by atoms with van der Waals surface area (Å²) >= 11 is 0. The Morgan fingerprint density at radius 2 is 1.89 bits per heavy atom. The third-order valence-corrected chi connectivity index (χ3v) is 5.56. The quantitative estimate of drug-likeness (QED) is 0.463.